The monoisotopic (exact) mass is 360 g/mol. The summed E-state index contributed by atoms with van der Waals surface area (Å²) in [6, 6.07) is 11.7. The largest absolute Gasteiger partial charge is 0.350 e. The van der Waals surface area contributed by atoms with Gasteiger partial charge in [-0.2, -0.15) is 0 Å². The molecule has 4 heteroatoms. The van der Waals surface area contributed by atoms with Crippen LogP contribution in [0.25, 0.3) is 5.57 Å². The Balaban J connectivity index is 2.11. The number of rotatable bonds is 5. The highest BCUT2D eigenvalue weighted by Gasteiger charge is 2.38. The molecule has 3 rings (SSSR count). The van der Waals surface area contributed by atoms with Crippen LogP contribution >= 0.6 is 0 Å². The van der Waals surface area contributed by atoms with E-state index in [0.717, 1.165) is 27.9 Å². The summed E-state index contributed by atoms with van der Waals surface area (Å²) in [7, 11) is 0. The van der Waals surface area contributed by atoms with Crippen molar-refractivity contribution < 1.29 is 9.59 Å². The zero-order valence-corrected chi connectivity index (χ0v) is 16.2. The number of amides is 2. The molecule has 4 nitrogen and oxygen atoms in total. The van der Waals surface area contributed by atoms with Crippen LogP contribution in [-0.2, 0) is 9.59 Å². The smallest absolute Gasteiger partial charge is 0.278 e. The minimum atomic E-state index is -0.327. The summed E-state index contributed by atoms with van der Waals surface area (Å²) in [6.07, 6.45) is 1.56. The van der Waals surface area contributed by atoms with Gasteiger partial charge in [0.25, 0.3) is 11.8 Å². The summed E-state index contributed by atoms with van der Waals surface area (Å²) < 4.78 is 0. The van der Waals surface area contributed by atoms with Crippen LogP contribution in [0.5, 0.6) is 0 Å². The van der Waals surface area contributed by atoms with E-state index in [1.165, 1.54) is 10.5 Å². The van der Waals surface area contributed by atoms with E-state index in [0.29, 0.717) is 11.3 Å². The molecule has 0 saturated heterocycles. The Morgan fingerprint density at radius 3 is 2.11 bits per heavy atom. The van der Waals surface area contributed by atoms with Crippen molar-refractivity contribution in [3.8, 4) is 0 Å². The fourth-order valence-electron chi connectivity index (χ4n) is 3.12. The number of imide groups is 1. The maximum absolute atomic E-state index is 13.0. The van der Waals surface area contributed by atoms with Crippen molar-refractivity contribution in [3.63, 3.8) is 0 Å². The van der Waals surface area contributed by atoms with Gasteiger partial charge >= 0.3 is 0 Å². The van der Waals surface area contributed by atoms with Crippen molar-refractivity contribution in [2.75, 3.05) is 11.9 Å². The van der Waals surface area contributed by atoms with Crippen molar-refractivity contribution in [3.05, 3.63) is 82.6 Å². The number of anilines is 1. The molecule has 0 unspecified atom stereocenters. The Morgan fingerprint density at radius 2 is 1.52 bits per heavy atom. The van der Waals surface area contributed by atoms with Gasteiger partial charge in [-0.15, -0.1) is 6.58 Å². The molecule has 0 aliphatic carbocycles. The van der Waals surface area contributed by atoms with Gasteiger partial charge in [0.1, 0.15) is 5.70 Å². The van der Waals surface area contributed by atoms with Gasteiger partial charge in [-0.3, -0.25) is 14.5 Å². The van der Waals surface area contributed by atoms with Crippen molar-refractivity contribution in [2.24, 2.45) is 0 Å². The van der Waals surface area contributed by atoms with Crippen molar-refractivity contribution in [1.82, 2.24) is 4.90 Å². The Morgan fingerprint density at radius 1 is 0.889 bits per heavy atom. The molecule has 2 aromatic carbocycles. The molecule has 1 N–H and O–H groups in total. The topological polar surface area (TPSA) is 49.4 Å². The lowest BCUT2D eigenvalue weighted by Crippen LogP contribution is -2.32. The molecule has 0 bridgehead atoms. The number of aryl methyl sites for hydroxylation is 4. The summed E-state index contributed by atoms with van der Waals surface area (Å²) >= 11 is 0. The Kier molecular flexibility index (Phi) is 5.00. The van der Waals surface area contributed by atoms with Gasteiger partial charge in [-0.05, 0) is 67.6 Å². The van der Waals surface area contributed by atoms with E-state index in [1.807, 2.05) is 64.1 Å². The van der Waals surface area contributed by atoms with Crippen molar-refractivity contribution >= 4 is 23.1 Å². The van der Waals surface area contributed by atoms with Crippen LogP contribution < -0.4 is 5.32 Å². The van der Waals surface area contributed by atoms with Crippen LogP contribution in [0.4, 0.5) is 5.69 Å². The van der Waals surface area contributed by atoms with Gasteiger partial charge in [-0.1, -0.05) is 30.3 Å². The van der Waals surface area contributed by atoms with Crippen LogP contribution in [0, 0.1) is 27.7 Å². The lowest BCUT2D eigenvalue weighted by atomic mass is 9.99. The van der Waals surface area contributed by atoms with E-state index in [2.05, 4.69) is 11.9 Å². The van der Waals surface area contributed by atoms with Crippen LogP contribution in [0.1, 0.15) is 27.8 Å². The number of nitrogens with one attached hydrogen (secondary N) is 1. The fourth-order valence-corrected chi connectivity index (χ4v) is 3.12. The van der Waals surface area contributed by atoms with Gasteiger partial charge in [-0.25, -0.2) is 0 Å². The Labute approximate surface area is 160 Å². The number of carbonyl (C=O) groups is 2. The first-order chi connectivity index (χ1) is 12.8. The maximum atomic E-state index is 13.0. The lowest BCUT2D eigenvalue weighted by molar-refractivity contribution is -0.136. The first-order valence-electron chi connectivity index (χ1n) is 8.96. The number of nitrogens with zero attached hydrogens (tertiary/aromatic N) is 1. The molecular formula is C23H24N2O2. The lowest BCUT2D eigenvalue weighted by Gasteiger charge is -2.13. The quantitative estimate of drug-likeness (QED) is 0.639. The Hall–Kier alpha value is -3.14. The van der Waals surface area contributed by atoms with Crippen LogP contribution in [0.2, 0.25) is 0 Å². The standard InChI is InChI=1S/C23H24N2O2/c1-6-11-25-22(26)20(18-9-7-14(2)16(4)12-18)21(23(25)27)24-19-10-8-15(3)17(5)13-19/h6-10,12-13,24H,1,11H2,2-5H3. The van der Waals surface area contributed by atoms with Crippen molar-refractivity contribution in [2.45, 2.75) is 27.7 Å². The second-order valence-corrected chi connectivity index (χ2v) is 6.98. The normalized spacial score (nSPS) is 14.1. The minimum Gasteiger partial charge on any atom is -0.350 e. The average molecular weight is 360 g/mol. The highest BCUT2D eigenvalue weighted by atomic mass is 16.2. The maximum Gasteiger partial charge on any atom is 0.278 e. The van der Waals surface area contributed by atoms with Gasteiger partial charge in [0.15, 0.2) is 0 Å². The van der Waals surface area contributed by atoms with Crippen LogP contribution in [-0.4, -0.2) is 23.3 Å². The third kappa shape index (κ3) is 3.43. The molecule has 1 heterocycles. The zero-order valence-electron chi connectivity index (χ0n) is 16.2. The molecular weight excluding hydrogens is 336 g/mol. The van der Waals surface area contributed by atoms with Crippen LogP contribution in [0.3, 0.4) is 0 Å². The zero-order chi connectivity index (χ0) is 19.7. The van der Waals surface area contributed by atoms with Gasteiger partial charge in [0.05, 0.1) is 5.57 Å². The second-order valence-electron chi connectivity index (χ2n) is 6.98. The summed E-state index contributed by atoms with van der Waals surface area (Å²) in [5.74, 6) is -0.624. The highest BCUT2D eigenvalue weighted by molar-refractivity contribution is 6.36. The summed E-state index contributed by atoms with van der Waals surface area (Å²) in [5, 5.41) is 3.19. The molecule has 2 amide bonds. The van der Waals surface area contributed by atoms with Gasteiger partial charge in [0.2, 0.25) is 0 Å². The van der Waals surface area contributed by atoms with E-state index in [1.54, 1.807) is 6.08 Å². The molecule has 0 spiro atoms. The number of benzene rings is 2. The Bertz CT molecular complexity index is 986. The van der Waals surface area contributed by atoms with E-state index < -0.39 is 0 Å². The predicted octanol–water partition coefficient (Wildman–Crippen LogP) is 4.30. The molecule has 1 aliphatic heterocycles. The van der Waals surface area contributed by atoms with E-state index >= 15 is 0 Å². The molecule has 27 heavy (non-hydrogen) atoms. The highest BCUT2D eigenvalue weighted by Crippen LogP contribution is 2.31. The van der Waals surface area contributed by atoms with Gasteiger partial charge in [0, 0.05) is 12.2 Å². The van der Waals surface area contributed by atoms with Gasteiger partial charge < -0.3 is 5.32 Å². The molecule has 0 radical (unpaired) electrons. The summed E-state index contributed by atoms with van der Waals surface area (Å²) in [6.45, 7) is 11.9. The number of hydrogen-bond donors (Lipinski definition) is 1. The predicted molar refractivity (Wildman–Crippen MR) is 109 cm³/mol. The molecule has 0 fully saturated rings. The third-order valence-corrected chi connectivity index (χ3v) is 5.05. The second kappa shape index (κ2) is 7.23. The summed E-state index contributed by atoms with van der Waals surface area (Å²) in [5.41, 5.74) is 6.76. The SMILES string of the molecule is C=CCN1C(=O)C(Nc2ccc(C)c(C)c2)=C(c2ccc(C)c(C)c2)C1=O. The minimum absolute atomic E-state index is 0.185. The third-order valence-electron chi connectivity index (χ3n) is 5.05. The molecule has 0 aromatic heterocycles. The number of carbonyl (C=O) groups excluding carboxylic acids is 2. The van der Waals surface area contributed by atoms with E-state index in [4.69, 9.17) is 0 Å². The number of hydrogen-bond acceptors (Lipinski definition) is 3. The summed E-state index contributed by atoms with van der Waals surface area (Å²) in [4.78, 5) is 27.1. The average Bonchev–Trinajstić information content (AvgIpc) is 2.85. The van der Waals surface area contributed by atoms with E-state index in [9.17, 15) is 9.59 Å². The molecule has 2 aromatic rings. The van der Waals surface area contributed by atoms with Crippen LogP contribution in [0.15, 0.2) is 54.8 Å². The molecule has 0 atom stereocenters. The molecule has 138 valence electrons. The first kappa shape index (κ1) is 18.6. The first-order valence-corrected chi connectivity index (χ1v) is 8.96. The fraction of sp³-hybridized carbons (Fsp3) is 0.217. The molecule has 1 aliphatic rings. The van der Waals surface area contributed by atoms with E-state index in [-0.39, 0.29) is 18.4 Å². The molecule has 0 saturated carbocycles. The van der Waals surface area contributed by atoms with Crippen molar-refractivity contribution in [1.29, 1.82) is 0 Å².